The van der Waals surface area contributed by atoms with Gasteiger partial charge in [-0.05, 0) is 61.0 Å². The smallest absolute Gasteiger partial charge is 0.259 e. The lowest BCUT2D eigenvalue weighted by Gasteiger charge is -2.15. The number of carbonyl (C=O) groups is 2. The summed E-state index contributed by atoms with van der Waals surface area (Å²) in [5.41, 5.74) is 2.26. The maximum atomic E-state index is 12.9. The van der Waals surface area contributed by atoms with Crippen LogP contribution in [0.1, 0.15) is 26.3 Å². The lowest BCUT2D eigenvalue weighted by Crippen LogP contribution is -2.18. The van der Waals surface area contributed by atoms with E-state index in [1.165, 1.54) is 26.4 Å². The van der Waals surface area contributed by atoms with E-state index < -0.39 is 11.8 Å². The first-order chi connectivity index (χ1) is 14.8. The van der Waals surface area contributed by atoms with E-state index in [0.717, 1.165) is 5.56 Å². The number of ether oxygens (including phenoxy) is 2. The SMILES string of the molecule is COc1ccc(Cl)cc1C(=O)Nc1ccc(C)cc1NC(=O)c1cc(Cl)ccc1OC. The average Bonchev–Trinajstić information content (AvgIpc) is 2.75. The molecule has 0 aliphatic heterocycles. The van der Waals surface area contributed by atoms with Crippen LogP contribution in [0.25, 0.3) is 0 Å². The van der Waals surface area contributed by atoms with Gasteiger partial charge in [-0.15, -0.1) is 0 Å². The molecule has 0 atom stereocenters. The molecule has 0 saturated carbocycles. The van der Waals surface area contributed by atoms with Crippen LogP contribution in [0.5, 0.6) is 11.5 Å². The van der Waals surface area contributed by atoms with Gasteiger partial charge in [0, 0.05) is 10.0 Å². The van der Waals surface area contributed by atoms with Crippen LogP contribution in [0.3, 0.4) is 0 Å². The third-order valence-electron chi connectivity index (χ3n) is 4.48. The van der Waals surface area contributed by atoms with Crippen LogP contribution in [0.15, 0.2) is 54.6 Å². The Bertz CT molecular complexity index is 1150. The van der Waals surface area contributed by atoms with Gasteiger partial charge in [0.25, 0.3) is 11.8 Å². The monoisotopic (exact) mass is 458 g/mol. The highest BCUT2D eigenvalue weighted by Gasteiger charge is 2.18. The zero-order valence-electron chi connectivity index (χ0n) is 17.1. The van der Waals surface area contributed by atoms with Crippen molar-refractivity contribution < 1.29 is 19.1 Å². The Labute approximate surface area is 190 Å². The van der Waals surface area contributed by atoms with Gasteiger partial charge in [0.05, 0.1) is 36.7 Å². The molecule has 160 valence electrons. The van der Waals surface area contributed by atoms with Crippen molar-refractivity contribution in [2.45, 2.75) is 6.92 Å². The van der Waals surface area contributed by atoms with E-state index in [1.54, 1.807) is 36.4 Å². The van der Waals surface area contributed by atoms with E-state index >= 15 is 0 Å². The van der Waals surface area contributed by atoms with E-state index in [-0.39, 0.29) is 11.1 Å². The Morgan fingerprint density at radius 1 is 0.710 bits per heavy atom. The van der Waals surface area contributed by atoms with Crippen LogP contribution >= 0.6 is 23.2 Å². The number of rotatable bonds is 6. The first kappa shape index (κ1) is 22.5. The molecule has 3 aromatic rings. The van der Waals surface area contributed by atoms with Crippen LogP contribution in [-0.2, 0) is 0 Å². The van der Waals surface area contributed by atoms with Crippen molar-refractivity contribution in [3.63, 3.8) is 0 Å². The molecule has 3 aromatic carbocycles. The fourth-order valence-corrected chi connectivity index (χ4v) is 3.31. The summed E-state index contributed by atoms with van der Waals surface area (Å²) in [6.07, 6.45) is 0. The Balaban J connectivity index is 1.91. The minimum Gasteiger partial charge on any atom is -0.496 e. The van der Waals surface area contributed by atoms with Crippen molar-refractivity contribution in [2.75, 3.05) is 24.9 Å². The Hall–Kier alpha value is -3.22. The fourth-order valence-electron chi connectivity index (χ4n) is 2.97. The lowest BCUT2D eigenvalue weighted by molar-refractivity contribution is 0.101. The Morgan fingerprint density at radius 3 is 1.68 bits per heavy atom. The Morgan fingerprint density at radius 2 is 1.19 bits per heavy atom. The van der Waals surface area contributed by atoms with Gasteiger partial charge in [0.15, 0.2) is 0 Å². The molecule has 2 N–H and O–H groups in total. The molecule has 8 heteroatoms. The van der Waals surface area contributed by atoms with Crippen molar-refractivity contribution in [3.05, 3.63) is 81.3 Å². The summed E-state index contributed by atoms with van der Waals surface area (Å²) < 4.78 is 10.5. The number of amides is 2. The highest BCUT2D eigenvalue weighted by atomic mass is 35.5. The van der Waals surface area contributed by atoms with Crippen molar-refractivity contribution in [1.29, 1.82) is 0 Å². The molecule has 0 aromatic heterocycles. The molecular weight excluding hydrogens is 439 g/mol. The van der Waals surface area contributed by atoms with E-state index in [1.807, 2.05) is 13.0 Å². The van der Waals surface area contributed by atoms with Gasteiger partial charge in [0.2, 0.25) is 0 Å². The summed E-state index contributed by atoms with van der Waals surface area (Å²) in [4.78, 5) is 25.8. The number of hydrogen-bond donors (Lipinski definition) is 2. The second-order valence-corrected chi connectivity index (χ2v) is 7.52. The molecule has 6 nitrogen and oxygen atoms in total. The molecule has 0 bridgehead atoms. The number of halogens is 2. The molecular formula is C23H20Cl2N2O4. The summed E-state index contributed by atoms with van der Waals surface area (Å²) in [5, 5.41) is 6.42. The predicted octanol–water partition coefficient (Wildman–Crippen LogP) is 5.82. The number of hydrogen-bond acceptors (Lipinski definition) is 4. The van der Waals surface area contributed by atoms with Gasteiger partial charge in [-0.3, -0.25) is 9.59 Å². The summed E-state index contributed by atoms with van der Waals surface area (Å²) in [7, 11) is 2.94. The summed E-state index contributed by atoms with van der Waals surface area (Å²) in [5.74, 6) is -0.105. The Kier molecular flexibility index (Phi) is 7.05. The molecule has 0 saturated heterocycles. The molecule has 2 amide bonds. The number of benzene rings is 3. The number of aryl methyl sites for hydroxylation is 1. The van der Waals surface area contributed by atoms with Gasteiger partial charge in [-0.2, -0.15) is 0 Å². The van der Waals surface area contributed by atoms with Crippen LogP contribution in [0, 0.1) is 6.92 Å². The van der Waals surface area contributed by atoms with Gasteiger partial charge in [-0.1, -0.05) is 29.3 Å². The molecule has 0 fully saturated rings. The minimum absolute atomic E-state index is 0.268. The minimum atomic E-state index is -0.431. The average molecular weight is 459 g/mol. The second-order valence-electron chi connectivity index (χ2n) is 6.65. The number of anilines is 2. The first-order valence-corrected chi connectivity index (χ1v) is 9.98. The molecule has 0 unspecified atom stereocenters. The number of methoxy groups -OCH3 is 2. The van der Waals surface area contributed by atoms with Crippen molar-refractivity contribution >= 4 is 46.4 Å². The molecule has 0 spiro atoms. The maximum Gasteiger partial charge on any atom is 0.259 e. The van der Waals surface area contributed by atoms with Crippen LogP contribution in [0.4, 0.5) is 11.4 Å². The van der Waals surface area contributed by atoms with E-state index in [9.17, 15) is 9.59 Å². The lowest BCUT2D eigenvalue weighted by atomic mass is 10.1. The number of carbonyl (C=O) groups excluding carboxylic acids is 2. The highest BCUT2D eigenvalue weighted by Crippen LogP contribution is 2.29. The highest BCUT2D eigenvalue weighted by molar-refractivity contribution is 6.31. The summed E-state index contributed by atoms with van der Waals surface area (Å²) >= 11 is 12.1. The molecule has 0 aliphatic carbocycles. The predicted molar refractivity (Wildman–Crippen MR) is 123 cm³/mol. The molecule has 3 rings (SSSR count). The largest absolute Gasteiger partial charge is 0.496 e. The molecule has 0 aliphatic rings. The van der Waals surface area contributed by atoms with E-state index in [2.05, 4.69) is 10.6 Å². The van der Waals surface area contributed by atoms with Crippen molar-refractivity contribution in [1.82, 2.24) is 0 Å². The van der Waals surface area contributed by atoms with Gasteiger partial charge in [-0.25, -0.2) is 0 Å². The molecule has 0 radical (unpaired) electrons. The van der Waals surface area contributed by atoms with Gasteiger partial charge in [0.1, 0.15) is 11.5 Å². The topological polar surface area (TPSA) is 76.7 Å². The second kappa shape index (κ2) is 9.73. The number of nitrogens with one attached hydrogen (secondary N) is 2. The third kappa shape index (κ3) is 5.29. The first-order valence-electron chi connectivity index (χ1n) is 9.23. The quantitative estimate of drug-likeness (QED) is 0.487. The van der Waals surface area contributed by atoms with Crippen LogP contribution in [0.2, 0.25) is 10.0 Å². The fraction of sp³-hybridized carbons (Fsp3) is 0.130. The summed E-state index contributed by atoms with van der Waals surface area (Å²) in [6.45, 7) is 1.88. The normalized spacial score (nSPS) is 10.4. The van der Waals surface area contributed by atoms with Crippen molar-refractivity contribution in [3.8, 4) is 11.5 Å². The van der Waals surface area contributed by atoms with Crippen molar-refractivity contribution in [2.24, 2.45) is 0 Å². The standard InChI is InChI=1S/C23H20Cl2N2O4/c1-13-4-7-18(26-22(28)16-11-14(24)5-8-20(16)30-2)19(10-13)27-23(29)17-12-15(25)6-9-21(17)31-3/h4-12H,1-3H3,(H,26,28)(H,27,29). The van der Waals surface area contributed by atoms with Gasteiger partial charge < -0.3 is 20.1 Å². The van der Waals surface area contributed by atoms with E-state index in [0.29, 0.717) is 32.9 Å². The molecule has 31 heavy (non-hydrogen) atoms. The van der Waals surface area contributed by atoms with Crippen LogP contribution in [-0.4, -0.2) is 26.0 Å². The molecule has 0 heterocycles. The summed E-state index contributed by atoms with van der Waals surface area (Å²) in [6, 6.07) is 14.8. The third-order valence-corrected chi connectivity index (χ3v) is 4.95. The zero-order valence-corrected chi connectivity index (χ0v) is 18.6. The van der Waals surface area contributed by atoms with Gasteiger partial charge >= 0.3 is 0 Å². The van der Waals surface area contributed by atoms with Crippen LogP contribution < -0.4 is 20.1 Å². The van der Waals surface area contributed by atoms with E-state index in [4.69, 9.17) is 32.7 Å². The maximum absolute atomic E-state index is 12.9. The zero-order chi connectivity index (χ0) is 22.5.